The van der Waals surface area contributed by atoms with Crippen molar-refractivity contribution in [3.05, 3.63) is 69.6 Å². The first-order valence-corrected chi connectivity index (χ1v) is 8.52. The van der Waals surface area contributed by atoms with Gasteiger partial charge in [0.1, 0.15) is 23.3 Å². The SMILES string of the molecule is Cc1nn(-c2ccc(F)cc2)c(Cl)c1/C=C/C(=O)OCc1c(C)noc1C. The summed E-state index contributed by atoms with van der Waals surface area (Å²) >= 11 is 6.37. The second-order valence-electron chi connectivity index (χ2n) is 5.92. The van der Waals surface area contributed by atoms with E-state index >= 15 is 0 Å². The summed E-state index contributed by atoms with van der Waals surface area (Å²) in [4.78, 5) is 12.0. The smallest absolute Gasteiger partial charge is 0.331 e. The Bertz CT molecular complexity index is 987. The molecule has 0 amide bonds. The molecule has 0 radical (unpaired) electrons. The van der Waals surface area contributed by atoms with Crippen molar-refractivity contribution in [2.24, 2.45) is 0 Å². The van der Waals surface area contributed by atoms with Gasteiger partial charge in [-0.25, -0.2) is 13.9 Å². The lowest BCUT2D eigenvalue weighted by molar-refractivity contribution is -0.138. The summed E-state index contributed by atoms with van der Waals surface area (Å²) < 4.78 is 24.8. The second kappa shape index (κ2) is 7.75. The number of hydrogen-bond donors (Lipinski definition) is 0. The number of aromatic nitrogens is 3. The molecule has 0 aliphatic rings. The summed E-state index contributed by atoms with van der Waals surface area (Å²) in [5.74, 6) is -0.261. The fraction of sp³-hybridized carbons (Fsp3) is 0.211. The number of rotatable bonds is 5. The summed E-state index contributed by atoms with van der Waals surface area (Å²) in [6.07, 6.45) is 2.82. The van der Waals surface area contributed by atoms with Gasteiger partial charge in [0.05, 0.1) is 22.6 Å². The summed E-state index contributed by atoms with van der Waals surface area (Å²) in [5.41, 5.74) is 3.25. The first-order valence-electron chi connectivity index (χ1n) is 8.14. The Morgan fingerprint density at radius 3 is 2.59 bits per heavy atom. The maximum absolute atomic E-state index is 13.1. The van der Waals surface area contributed by atoms with Crippen LogP contribution in [0.25, 0.3) is 11.8 Å². The van der Waals surface area contributed by atoms with E-state index in [2.05, 4.69) is 10.3 Å². The number of nitrogens with zero attached hydrogens (tertiary/aromatic N) is 3. The molecule has 27 heavy (non-hydrogen) atoms. The minimum atomic E-state index is -0.528. The first-order chi connectivity index (χ1) is 12.9. The minimum absolute atomic E-state index is 0.0753. The van der Waals surface area contributed by atoms with Gasteiger partial charge in [-0.3, -0.25) is 0 Å². The van der Waals surface area contributed by atoms with E-state index in [9.17, 15) is 9.18 Å². The van der Waals surface area contributed by atoms with E-state index in [0.717, 1.165) is 5.56 Å². The van der Waals surface area contributed by atoms with Crippen LogP contribution in [0.3, 0.4) is 0 Å². The van der Waals surface area contributed by atoms with Gasteiger partial charge in [-0.15, -0.1) is 0 Å². The van der Waals surface area contributed by atoms with Crippen molar-refractivity contribution in [2.75, 3.05) is 0 Å². The molecule has 0 saturated carbocycles. The quantitative estimate of drug-likeness (QED) is 0.479. The summed E-state index contributed by atoms with van der Waals surface area (Å²) in [6.45, 7) is 5.38. The number of carbonyl (C=O) groups excluding carboxylic acids is 1. The molecule has 2 aromatic heterocycles. The van der Waals surface area contributed by atoms with Crippen LogP contribution in [0.2, 0.25) is 5.15 Å². The molecule has 0 N–H and O–H groups in total. The molecule has 0 spiro atoms. The summed E-state index contributed by atoms with van der Waals surface area (Å²) in [6, 6.07) is 5.78. The molecule has 0 fully saturated rings. The van der Waals surface area contributed by atoms with Crippen LogP contribution in [0.15, 0.2) is 34.9 Å². The molecule has 3 rings (SSSR count). The van der Waals surface area contributed by atoms with Crippen LogP contribution in [0.5, 0.6) is 0 Å². The lowest BCUT2D eigenvalue weighted by Gasteiger charge is -2.03. The van der Waals surface area contributed by atoms with Crippen LogP contribution in [0, 0.1) is 26.6 Å². The second-order valence-corrected chi connectivity index (χ2v) is 6.28. The van der Waals surface area contributed by atoms with Gasteiger partial charge in [-0.2, -0.15) is 5.10 Å². The van der Waals surface area contributed by atoms with Gasteiger partial charge >= 0.3 is 5.97 Å². The molecule has 0 aliphatic carbocycles. The molecule has 6 nitrogen and oxygen atoms in total. The Labute approximate surface area is 160 Å². The molecular formula is C19H17ClFN3O3. The zero-order valence-corrected chi connectivity index (χ0v) is 15.7. The predicted octanol–water partition coefficient (Wildman–Crippen LogP) is 4.33. The van der Waals surface area contributed by atoms with Gasteiger partial charge in [0.15, 0.2) is 0 Å². The average Bonchev–Trinajstić information content (AvgIpc) is 3.11. The number of aryl methyl sites for hydroxylation is 3. The van der Waals surface area contributed by atoms with Crippen molar-refractivity contribution in [1.29, 1.82) is 0 Å². The lowest BCUT2D eigenvalue weighted by Crippen LogP contribution is -2.02. The normalized spacial score (nSPS) is 11.3. The van der Waals surface area contributed by atoms with E-state index in [1.165, 1.54) is 22.9 Å². The number of benzene rings is 1. The monoisotopic (exact) mass is 389 g/mol. The van der Waals surface area contributed by atoms with Crippen molar-refractivity contribution in [3.63, 3.8) is 0 Å². The molecule has 0 saturated heterocycles. The molecule has 8 heteroatoms. The highest BCUT2D eigenvalue weighted by atomic mass is 35.5. The first kappa shape index (κ1) is 18.8. The number of hydrogen-bond acceptors (Lipinski definition) is 5. The predicted molar refractivity (Wildman–Crippen MR) is 98.1 cm³/mol. The number of ether oxygens (including phenoxy) is 1. The Kier molecular flexibility index (Phi) is 5.41. The van der Waals surface area contributed by atoms with E-state index in [-0.39, 0.29) is 12.4 Å². The van der Waals surface area contributed by atoms with Gasteiger partial charge in [0, 0.05) is 11.6 Å². The van der Waals surface area contributed by atoms with Crippen LogP contribution in [-0.2, 0) is 16.1 Å². The Morgan fingerprint density at radius 2 is 1.96 bits per heavy atom. The number of halogens is 2. The highest BCUT2D eigenvalue weighted by Gasteiger charge is 2.14. The van der Waals surface area contributed by atoms with E-state index in [1.54, 1.807) is 39.0 Å². The maximum atomic E-state index is 13.1. The Morgan fingerprint density at radius 1 is 1.26 bits per heavy atom. The molecular weight excluding hydrogens is 373 g/mol. The van der Waals surface area contributed by atoms with Gasteiger partial charge in [-0.05, 0) is 51.1 Å². The summed E-state index contributed by atoms with van der Waals surface area (Å²) in [5, 5.41) is 8.46. The highest BCUT2D eigenvalue weighted by molar-refractivity contribution is 6.31. The zero-order valence-electron chi connectivity index (χ0n) is 15.0. The van der Waals surface area contributed by atoms with Crippen molar-refractivity contribution >= 4 is 23.6 Å². The average molecular weight is 390 g/mol. The molecule has 0 unspecified atom stereocenters. The number of esters is 1. The van der Waals surface area contributed by atoms with Crippen LogP contribution >= 0.6 is 11.6 Å². The van der Waals surface area contributed by atoms with Crippen molar-refractivity contribution in [1.82, 2.24) is 14.9 Å². The molecule has 0 bridgehead atoms. The highest BCUT2D eigenvalue weighted by Crippen LogP contribution is 2.25. The van der Waals surface area contributed by atoms with Crippen LogP contribution < -0.4 is 0 Å². The van der Waals surface area contributed by atoms with E-state index in [0.29, 0.717) is 33.6 Å². The van der Waals surface area contributed by atoms with Crippen molar-refractivity contribution in [3.8, 4) is 5.69 Å². The van der Waals surface area contributed by atoms with E-state index in [4.69, 9.17) is 20.9 Å². The minimum Gasteiger partial charge on any atom is -0.457 e. The molecule has 0 atom stereocenters. The topological polar surface area (TPSA) is 70.2 Å². The summed E-state index contributed by atoms with van der Waals surface area (Å²) in [7, 11) is 0. The fourth-order valence-electron chi connectivity index (χ4n) is 2.50. The molecule has 140 valence electrons. The third kappa shape index (κ3) is 4.09. The van der Waals surface area contributed by atoms with Gasteiger partial charge in [0.25, 0.3) is 0 Å². The molecule has 2 heterocycles. The number of carbonyl (C=O) groups is 1. The third-order valence-electron chi connectivity index (χ3n) is 4.05. The largest absolute Gasteiger partial charge is 0.457 e. The zero-order chi connectivity index (χ0) is 19.6. The van der Waals surface area contributed by atoms with Gasteiger partial charge in [0.2, 0.25) is 0 Å². The molecule has 1 aromatic carbocycles. The van der Waals surface area contributed by atoms with Gasteiger partial charge in [-0.1, -0.05) is 16.8 Å². The van der Waals surface area contributed by atoms with Crippen LogP contribution in [-0.4, -0.2) is 20.9 Å². The molecule has 0 aliphatic heterocycles. The van der Waals surface area contributed by atoms with Gasteiger partial charge < -0.3 is 9.26 Å². The van der Waals surface area contributed by atoms with Crippen molar-refractivity contribution < 1.29 is 18.4 Å². The lowest BCUT2D eigenvalue weighted by atomic mass is 10.2. The van der Waals surface area contributed by atoms with Crippen LogP contribution in [0.1, 0.15) is 28.3 Å². The Hall–Kier alpha value is -2.93. The fourth-order valence-corrected chi connectivity index (χ4v) is 2.84. The van der Waals surface area contributed by atoms with Crippen molar-refractivity contribution in [2.45, 2.75) is 27.4 Å². The Balaban J connectivity index is 1.73. The molecule has 3 aromatic rings. The maximum Gasteiger partial charge on any atom is 0.331 e. The van der Waals surface area contributed by atoms with Crippen LogP contribution in [0.4, 0.5) is 4.39 Å². The van der Waals surface area contributed by atoms with E-state index in [1.807, 2.05) is 0 Å². The van der Waals surface area contributed by atoms with E-state index < -0.39 is 5.97 Å². The standard InChI is InChI=1S/C19H17ClFN3O3/c1-11-16(19(20)24(22-11)15-6-4-14(21)5-7-15)8-9-18(25)26-10-17-12(2)23-27-13(17)3/h4-9H,10H2,1-3H3/b9-8+. The third-order valence-corrected chi connectivity index (χ3v) is 4.41.